The first-order chi connectivity index (χ1) is 7.29. The van der Waals surface area contributed by atoms with E-state index in [4.69, 9.17) is 10.5 Å². The minimum absolute atomic E-state index is 0.228. The van der Waals surface area contributed by atoms with E-state index in [2.05, 4.69) is 28.7 Å². The lowest BCUT2D eigenvalue weighted by Gasteiger charge is -2.36. The highest BCUT2D eigenvalue weighted by atomic mass is 32.1. The summed E-state index contributed by atoms with van der Waals surface area (Å²) in [5, 5.41) is 4.27. The first-order valence-corrected chi connectivity index (χ1v) is 6.34. The molecular weight excluding hydrogens is 208 g/mol. The summed E-state index contributed by atoms with van der Waals surface area (Å²) >= 11 is 1.73. The van der Waals surface area contributed by atoms with E-state index in [0.717, 1.165) is 26.2 Å². The second-order valence-electron chi connectivity index (χ2n) is 4.04. The molecule has 1 fully saturated rings. The van der Waals surface area contributed by atoms with E-state index in [9.17, 15) is 0 Å². The average Bonchev–Trinajstić information content (AvgIpc) is 2.70. The number of nitrogens with two attached hydrogens (primary N) is 1. The number of hydrogen-bond donors (Lipinski definition) is 1. The summed E-state index contributed by atoms with van der Waals surface area (Å²) in [4.78, 5) is 2.39. The number of nitrogens with zero attached hydrogens (tertiary/aromatic N) is 1. The summed E-state index contributed by atoms with van der Waals surface area (Å²) in [5.74, 6) is 0. The van der Waals surface area contributed by atoms with Gasteiger partial charge < -0.3 is 10.5 Å². The molecular formula is C11H18N2OS. The number of thiophene rings is 1. The Balaban J connectivity index is 2.00. The third-order valence-electron chi connectivity index (χ3n) is 2.70. The zero-order valence-electron chi connectivity index (χ0n) is 9.06. The quantitative estimate of drug-likeness (QED) is 0.848. The Kier molecular flexibility index (Phi) is 3.75. The summed E-state index contributed by atoms with van der Waals surface area (Å²) < 4.78 is 5.93. The minimum atomic E-state index is 0.228. The number of hydrogen-bond acceptors (Lipinski definition) is 4. The van der Waals surface area contributed by atoms with Crippen LogP contribution < -0.4 is 5.73 Å². The molecule has 0 spiro atoms. The Labute approximate surface area is 94.8 Å². The highest BCUT2D eigenvalue weighted by Crippen LogP contribution is 2.26. The van der Waals surface area contributed by atoms with E-state index >= 15 is 0 Å². The standard InChI is InChI=1S/C11H18N2OS/c1-9-6-13(4-3-12)7-11(14-9)10-2-5-15-8-10/h2,5,8-9,11H,3-4,6-7,12H2,1H3. The van der Waals surface area contributed by atoms with E-state index < -0.39 is 0 Å². The van der Waals surface area contributed by atoms with Gasteiger partial charge in [0, 0.05) is 26.2 Å². The maximum Gasteiger partial charge on any atom is 0.0964 e. The fourth-order valence-corrected chi connectivity index (χ4v) is 2.75. The predicted molar refractivity (Wildman–Crippen MR) is 63.1 cm³/mol. The molecule has 84 valence electrons. The molecule has 1 saturated heterocycles. The zero-order chi connectivity index (χ0) is 10.7. The second-order valence-corrected chi connectivity index (χ2v) is 4.82. The lowest BCUT2D eigenvalue weighted by Crippen LogP contribution is -2.44. The molecule has 1 aliphatic heterocycles. The average molecular weight is 226 g/mol. The van der Waals surface area contributed by atoms with Crippen LogP contribution in [0.5, 0.6) is 0 Å². The molecule has 2 heterocycles. The van der Waals surface area contributed by atoms with E-state index in [1.165, 1.54) is 5.56 Å². The highest BCUT2D eigenvalue weighted by Gasteiger charge is 2.25. The van der Waals surface area contributed by atoms with Crippen molar-refractivity contribution >= 4 is 11.3 Å². The smallest absolute Gasteiger partial charge is 0.0964 e. The molecule has 1 aliphatic rings. The third kappa shape index (κ3) is 2.78. The van der Waals surface area contributed by atoms with Gasteiger partial charge in [-0.25, -0.2) is 0 Å². The Morgan fingerprint density at radius 2 is 2.47 bits per heavy atom. The Bertz CT molecular complexity index is 289. The largest absolute Gasteiger partial charge is 0.368 e. The first kappa shape index (κ1) is 11.1. The topological polar surface area (TPSA) is 38.5 Å². The van der Waals surface area contributed by atoms with Crippen molar-refractivity contribution in [3.63, 3.8) is 0 Å². The fraction of sp³-hybridized carbons (Fsp3) is 0.636. The summed E-state index contributed by atoms with van der Waals surface area (Å²) in [6.07, 6.45) is 0.529. The molecule has 2 unspecified atom stereocenters. The van der Waals surface area contributed by atoms with Crippen LogP contribution in [0.3, 0.4) is 0 Å². The molecule has 3 nitrogen and oxygen atoms in total. The SMILES string of the molecule is CC1CN(CCN)CC(c2ccsc2)O1. The molecule has 0 aromatic carbocycles. The van der Waals surface area contributed by atoms with Crippen LogP contribution in [-0.2, 0) is 4.74 Å². The maximum atomic E-state index is 5.93. The van der Waals surface area contributed by atoms with Crippen LogP contribution in [0.1, 0.15) is 18.6 Å². The van der Waals surface area contributed by atoms with Crippen molar-refractivity contribution in [3.05, 3.63) is 22.4 Å². The van der Waals surface area contributed by atoms with Crippen molar-refractivity contribution in [3.8, 4) is 0 Å². The molecule has 1 aromatic heterocycles. The third-order valence-corrected chi connectivity index (χ3v) is 3.40. The molecule has 0 aliphatic carbocycles. The van der Waals surface area contributed by atoms with Crippen LogP contribution in [0.15, 0.2) is 16.8 Å². The molecule has 2 N–H and O–H groups in total. The number of morpholine rings is 1. The summed E-state index contributed by atoms with van der Waals surface area (Å²) in [6, 6.07) is 2.15. The molecule has 2 rings (SSSR count). The van der Waals surface area contributed by atoms with Crippen LogP contribution in [0.2, 0.25) is 0 Å². The van der Waals surface area contributed by atoms with E-state index in [-0.39, 0.29) is 6.10 Å². The van der Waals surface area contributed by atoms with Gasteiger partial charge in [0.05, 0.1) is 12.2 Å². The van der Waals surface area contributed by atoms with Crippen molar-refractivity contribution in [2.45, 2.75) is 19.1 Å². The second kappa shape index (κ2) is 5.07. The van der Waals surface area contributed by atoms with E-state index in [0.29, 0.717) is 6.10 Å². The number of rotatable bonds is 3. The molecule has 0 saturated carbocycles. The van der Waals surface area contributed by atoms with Gasteiger partial charge in [0.2, 0.25) is 0 Å². The summed E-state index contributed by atoms with van der Waals surface area (Å²) in [5.41, 5.74) is 6.89. The predicted octanol–water partition coefficient (Wildman–Crippen LogP) is 1.47. The van der Waals surface area contributed by atoms with Gasteiger partial charge in [-0.2, -0.15) is 11.3 Å². The Hall–Kier alpha value is -0.420. The van der Waals surface area contributed by atoms with Crippen molar-refractivity contribution in [1.82, 2.24) is 4.90 Å². The monoisotopic (exact) mass is 226 g/mol. The Morgan fingerprint density at radius 1 is 1.60 bits per heavy atom. The number of ether oxygens (including phenoxy) is 1. The molecule has 15 heavy (non-hydrogen) atoms. The van der Waals surface area contributed by atoms with E-state index in [1.807, 2.05) is 0 Å². The zero-order valence-corrected chi connectivity index (χ0v) is 9.87. The lowest BCUT2D eigenvalue weighted by atomic mass is 10.1. The van der Waals surface area contributed by atoms with Crippen molar-refractivity contribution in [2.75, 3.05) is 26.2 Å². The van der Waals surface area contributed by atoms with Gasteiger partial charge in [-0.05, 0) is 29.3 Å². The molecule has 2 atom stereocenters. The van der Waals surface area contributed by atoms with Gasteiger partial charge in [-0.15, -0.1) is 0 Å². The van der Waals surface area contributed by atoms with Crippen LogP contribution in [0, 0.1) is 0 Å². The van der Waals surface area contributed by atoms with Gasteiger partial charge in [0.15, 0.2) is 0 Å². The fourth-order valence-electron chi connectivity index (χ4n) is 2.05. The van der Waals surface area contributed by atoms with Gasteiger partial charge in [0.1, 0.15) is 0 Å². The highest BCUT2D eigenvalue weighted by molar-refractivity contribution is 7.07. The molecule has 4 heteroatoms. The summed E-state index contributed by atoms with van der Waals surface area (Å²) in [6.45, 7) is 5.79. The van der Waals surface area contributed by atoms with Gasteiger partial charge in [-0.1, -0.05) is 0 Å². The normalized spacial score (nSPS) is 28.1. The van der Waals surface area contributed by atoms with Crippen LogP contribution >= 0.6 is 11.3 Å². The van der Waals surface area contributed by atoms with Crippen LogP contribution in [0.4, 0.5) is 0 Å². The van der Waals surface area contributed by atoms with Crippen molar-refractivity contribution in [2.24, 2.45) is 5.73 Å². The van der Waals surface area contributed by atoms with Crippen LogP contribution in [-0.4, -0.2) is 37.2 Å². The van der Waals surface area contributed by atoms with Crippen molar-refractivity contribution < 1.29 is 4.74 Å². The van der Waals surface area contributed by atoms with Gasteiger partial charge >= 0.3 is 0 Å². The van der Waals surface area contributed by atoms with E-state index in [1.54, 1.807) is 11.3 Å². The molecule has 0 bridgehead atoms. The lowest BCUT2D eigenvalue weighted by molar-refractivity contribution is -0.0778. The molecule has 0 amide bonds. The van der Waals surface area contributed by atoms with Gasteiger partial charge in [-0.3, -0.25) is 4.90 Å². The van der Waals surface area contributed by atoms with Crippen molar-refractivity contribution in [1.29, 1.82) is 0 Å². The first-order valence-electron chi connectivity index (χ1n) is 5.39. The van der Waals surface area contributed by atoms with Gasteiger partial charge in [0.25, 0.3) is 0 Å². The maximum absolute atomic E-state index is 5.93. The Morgan fingerprint density at radius 3 is 3.13 bits per heavy atom. The van der Waals surface area contributed by atoms with Crippen LogP contribution in [0.25, 0.3) is 0 Å². The molecule has 1 aromatic rings. The minimum Gasteiger partial charge on any atom is -0.368 e. The molecule has 0 radical (unpaired) electrons. The summed E-state index contributed by atoms with van der Waals surface area (Å²) in [7, 11) is 0.